The Morgan fingerprint density at radius 1 is 0.796 bits per heavy atom. The molecule has 3 N–H and O–H groups in total. The molecule has 8 nitrogen and oxygen atoms in total. The maximum absolute atomic E-state index is 14.4. The van der Waals surface area contributed by atoms with Crippen molar-refractivity contribution in [3.63, 3.8) is 0 Å². The maximum atomic E-state index is 14.4. The predicted molar refractivity (Wildman–Crippen MR) is 192 cm³/mol. The molecule has 4 atom stereocenters. The first-order valence-corrected chi connectivity index (χ1v) is 17.0. The fourth-order valence-corrected chi connectivity index (χ4v) is 6.90. The standard InChI is InChI=1S/C41H46N2O6/c1-6-28-16-9-11-18-31(28)42-39(45)37-33(44)24-41(5,47)38(40(46)43-32-19-12-10-17-29(32)7-2)36(37)30-20-21-34(35(23-30)48-8-3)49-25-27-15-13-14-26(4)22-27/h9-23,36-38,47H,6-8,24-25H2,1-5H3,(H,42,45)(H,43,46). The minimum atomic E-state index is -1.75. The van der Waals surface area contributed by atoms with Gasteiger partial charge < -0.3 is 25.2 Å². The van der Waals surface area contributed by atoms with Crippen molar-refractivity contribution in [3.05, 3.63) is 119 Å². The second-order valence-corrected chi connectivity index (χ2v) is 12.9. The zero-order valence-corrected chi connectivity index (χ0v) is 28.9. The predicted octanol–water partition coefficient (Wildman–Crippen LogP) is 7.41. The molecule has 4 unspecified atom stereocenters. The van der Waals surface area contributed by atoms with Gasteiger partial charge in [0.05, 0.1) is 18.1 Å². The van der Waals surface area contributed by atoms with Crippen molar-refractivity contribution in [2.24, 2.45) is 11.8 Å². The van der Waals surface area contributed by atoms with Crippen molar-refractivity contribution in [1.29, 1.82) is 0 Å². The third kappa shape index (κ3) is 8.03. The highest BCUT2D eigenvalue weighted by Crippen LogP contribution is 2.48. The Kier molecular flexibility index (Phi) is 11.2. The average Bonchev–Trinajstić information content (AvgIpc) is 3.07. The minimum Gasteiger partial charge on any atom is -0.490 e. The van der Waals surface area contributed by atoms with Crippen LogP contribution in [0.4, 0.5) is 11.4 Å². The lowest BCUT2D eigenvalue weighted by molar-refractivity contribution is -0.150. The second kappa shape index (κ2) is 15.5. The van der Waals surface area contributed by atoms with Gasteiger partial charge in [-0.25, -0.2) is 0 Å². The number of anilines is 2. The molecule has 0 bridgehead atoms. The van der Waals surface area contributed by atoms with Crippen molar-refractivity contribution in [2.45, 2.75) is 72.0 Å². The van der Waals surface area contributed by atoms with E-state index in [0.29, 0.717) is 54.5 Å². The summed E-state index contributed by atoms with van der Waals surface area (Å²) in [5.74, 6) is -4.02. The Balaban J connectivity index is 1.59. The molecule has 0 spiro atoms. The van der Waals surface area contributed by atoms with Crippen LogP contribution in [0.2, 0.25) is 0 Å². The van der Waals surface area contributed by atoms with Gasteiger partial charge in [-0.1, -0.05) is 86.1 Å². The Labute approximate surface area is 288 Å². The normalized spacial score (nSPS) is 20.4. The number of ketones is 1. The fourth-order valence-electron chi connectivity index (χ4n) is 6.90. The quantitative estimate of drug-likeness (QED) is 0.136. The number of ether oxygens (including phenoxy) is 2. The molecule has 0 aromatic heterocycles. The van der Waals surface area contributed by atoms with Crippen LogP contribution in [-0.2, 0) is 33.8 Å². The van der Waals surface area contributed by atoms with Crippen LogP contribution < -0.4 is 20.1 Å². The SMILES string of the molecule is CCOc1cc(C2C(C(=O)Nc3ccccc3CC)C(=O)CC(C)(O)C2C(=O)Nc2ccccc2CC)ccc1OCc1cccc(C)c1. The van der Waals surface area contributed by atoms with Crippen molar-refractivity contribution < 1.29 is 29.0 Å². The molecule has 0 saturated heterocycles. The van der Waals surface area contributed by atoms with Gasteiger partial charge in [-0.3, -0.25) is 14.4 Å². The minimum absolute atomic E-state index is 0.307. The molecule has 2 amide bonds. The van der Waals surface area contributed by atoms with Crippen LogP contribution in [0.3, 0.4) is 0 Å². The third-order valence-electron chi connectivity index (χ3n) is 9.27. The summed E-state index contributed by atoms with van der Waals surface area (Å²) < 4.78 is 12.2. The first-order valence-electron chi connectivity index (χ1n) is 17.0. The molecule has 256 valence electrons. The van der Waals surface area contributed by atoms with Gasteiger partial charge >= 0.3 is 0 Å². The zero-order chi connectivity index (χ0) is 35.1. The number of carbonyl (C=O) groups is 3. The third-order valence-corrected chi connectivity index (χ3v) is 9.27. The molecule has 1 aliphatic rings. The van der Waals surface area contributed by atoms with E-state index < -0.39 is 41.0 Å². The van der Waals surface area contributed by atoms with E-state index in [2.05, 4.69) is 10.6 Å². The topological polar surface area (TPSA) is 114 Å². The van der Waals surface area contributed by atoms with Gasteiger partial charge in [0.1, 0.15) is 18.3 Å². The van der Waals surface area contributed by atoms with Gasteiger partial charge in [-0.05, 0) is 80.1 Å². The number of hydrogen-bond donors (Lipinski definition) is 3. The number of nitrogens with one attached hydrogen (secondary N) is 2. The van der Waals surface area contributed by atoms with E-state index >= 15 is 0 Å². The summed E-state index contributed by atoms with van der Waals surface area (Å²) >= 11 is 0. The number of aliphatic hydroxyl groups is 1. The molecule has 49 heavy (non-hydrogen) atoms. The molecule has 5 rings (SSSR count). The molecular formula is C41H46N2O6. The van der Waals surface area contributed by atoms with Crippen molar-refractivity contribution in [3.8, 4) is 11.5 Å². The molecule has 0 aliphatic heterocycles. The number of aryl methyl sites for hydroxylation is 3. The highest BCUT2D eigenvalue weighted by Gasteiger charge is 2.56. The molecule has 0 heterocycles. The number of Topliss-reactive ketones (excluding diaryl/α,β-unsaturated/α-hetero) is 1. The fraction of sp³-hybridized carbons (Fsp3) is 0.341. The van der Waals surface area contributed by atoms with Crippen LogP contribution in [0.5, 0.6) is 11.5 Å². The van der Waals surface area contributed by atoms with Crippen LogP contribution in [-0.4, -0.2) is 34.9 Å². The molecular weight excluding hydrogens is 616 g/mol. The van der Waals surface area contributed by atoms with Crippen molar-refractivity contribution in [2.75, 3.05) is 17.2 Å². The lowest BCUT2D eigenvalue weighted by Crippen LogP contribution is -2.56. The first-order chi connectivity index (χ1) is 23.6. The lowest BCUT2D eigenvalue weighted by atomic mass is 9.61. The van der Waals surface area contributed by atoms with Crippen LogP contribution >= 0.6 is 0 Å². The molecule has 4 aromatic rings. The zero-order valence-electron chi connectivity index (χ0n) is 28.9. The van der Waals surface area contributed by atoms with Crippen LogP contribution in [0.25, 0.3) is 0 Å². The molecule has 0 radical (unpaired) electrons. The number of rotatable bonds is 12. The van der Waals surface area contributed by atoms with Gasteiger partial charge in [-0.2, -0.15) is 0 Å². The number of carbonyl (C=O) groups excluding carboxylic acids is 3. The van der Waals surface area contributed by atoms with E-state index in [4.69, 9.17) is 9.47 Å². The summed E-state index contributed by atoms with van der Waals surface area (Å²) in [6, 6.07) is 28.2. The summed E-state index contributed by atoms with van der Waals surface area (Å²) in [5, 5.41) is 17.9. The Hall–Kier alpha value is -4.95. The highest BCUT2D eigenvalue weighted by molar-refractivity contribution is 6.10. The first kappa shape index (κ1) is 35.4. The number of benzene rings is 4. The lowest BCUT2D eigenvalue weighted by Gasteiger charge is -2.44. The number of para-hydroxylation sites is 2. The molecule has 1 aliphatic carbocycles. The Bertz CT molecular complexity index is 1820. The summed E-state index contributed by atoms with van der Waals surface area (Å²) in [4.78, 5) is 42.6. The highest BCUT2D eigenvalue weighted by atomic mass is 16.5. The van der Waals surface area contributed by atoms with Gasteiger partial charge in [0.15, 0.2) is 11.5 Å². The summed E-state index contributed by atoms with van der Waals surface area (Å²) in [5.41, 5.74) is 3.94. The summed E-state index contributed by atoms with van der Waals surface area (Å²) in [6.45, 7) is 10.00. The summed E-state index contributed by atoms with van der Waals surface area (Å²) in [7, 11) is 0. The van der Waals surface area contributed by atoms with Gasteiger partial charge in [0.25, 0.3) is 0 Å². The van der Waals surface area contributed by atoms with E-state index in [-0.39, 0.29) is 6.42 Å². The number of hydrogen-bond acceptors (Lipinski definition) is 6. The largest absolute Gasteiger partial charge is 0.490 e. The molecule has 8 heteroatoms. The smallest absolute Gasteiger partial charge is 0.235 e. The Morgan fingerprint density at radius 2 is 1.43 bits per heavy atom. The van der Waals surface area contributed by atoms with Gasteiger partial charge in [0.2, 0.25) is 11.8 Å². The van der Waals surface area contributed by atoms with E-state index in [0.717, 1.165) is 22.3 Å². The monoisotopic (exact) mass is 662 g/mol. The van der Waals surface area contributed by atoms with E-state index in [1.54, 1.807) is 24.3 Å². The van der Waals surface area contributed by atoms with Gasteiger partial charge in [0, 0.05) is 23.7 Å². The van der Waals surface area contributed by atoms with E-state index in [1.165, 1.54) is 6.92 Å². The van der Waals surface area contributed by atoms with E-state index in [9.17, 15) is 19.5 Å². The van der Waals surface area contributed by atoms with Gasteiger partial charge in [-0.15, -0.1) is 0 Å². The molecule has 1 fully saturated rings. The summed E-state index contributed by atoms with van der Waals surface area (Å²) in [6.07, 6.45) is 1.00. The molecule has 1 saturated carbocycles. The Morgan fingerprint density at radius 3 is 2.04 bits per heavy atom. The van der Waals surface area contributed by atoms with Crippen molar-refractivity contribution >= 4 is 29.0 Å². The van der Waals surface area contributed by atoms with Crippen molar-refractivity contribution in [1.82, 2.24) is 0 Å². The van der Waals surface area contributed by atoms with Crippen LogP contribution in [0.1, 0.15) is 67.9 Å². The van der Waals surface area contributed by atoms with Crippen LogP contribution in [0.15, 0.2) is 91.0 Å². The average molecular weight is 663 g/mol. The molecule has 4 aromatic carbocycles. The van der Waals surface area contributed by atoms with Crippen LogP contribution in [0, 0.1) is 18.8 Å². The van der Waals surface area contributed by atoms with E-state index in [1.807, 2.05) is 94.4 Å². The number of amides is 2. The second-order valence-electron chi connectivity index (χ2n) is 12.9. The maximum Gasteiger partial charge on any atom is 0.235 e.